The Labute approximate surface area is 105 Å². The van der Waals surface area contributed by atoms with E-state index >= 15 is 0 Å². The smallest absolute Gasteiger partial charge is 0.385 e. The van der Waals surface area contributed by atoms with Gasteiger partial charge in [-0.25, -0.2) is 0 Å². The zero-order valence-electron chi connectivity index (χ0n) is 10.3. The molecule has 1 fully saturated rings. The van der Waals surface area contributed by atoms with Crippen LogP contribution in [0.5, 0.6) is 0 Å². The molecule has 100 valence electrons. The minimum atomic E-state index is -4.35. The molecule has 0 heterocycles. The van der Waals surface area contributed by atoms with Crippen LogP contribution in [0.15, 0.2) is 24.3 Å². The van der Waals surface area contributed by atoms with E-state index in [1.165, 1.54) is 6.07 Å². The Morgan fingerprint density at radius 3 is 2.39 bits per heavy atom. The molecule has 18 heavy (non-hydrogen) atoms. The second-order valence-electron chi connectivity index (χ2n) is 5.29. The molecule has 2 rings (SSSR count). The average molecular weight is 258 g/mol. The number of halogens is 3. The number of alkyl halides is 3. The van der Waals surface area contributed by atoms with Crippen molar-refractivity contribution in [2.24, 2.45) is 5.92 Å². The molecule has 1 aromatic rings. The van der Waals surface area contributed by atoms with Crippen LogP contribution in [0.3, 0.4) is 0 Å². The van der Waals surface area contributed by atoms with Crippen molar-refractivity contribution in [2.75, 3.05) is 0 Å². The molecular weight excluding hydrogens is 241 g/mol. The molecule has 0 unspecified atom stereocenters. The van der Waals surface area contributed by atoms with Crippen molar-refractivity contribution in [3.8, 4) is 0 Å². The van der Waals surface area contributed by atoms with Gasteiger partial charge in [-0.15, -0.1) is 0 Å². The summed E-state index contributed by atoms with van der Waals surface area (Å²) in [5, 5.41) is 10.5. The molecule has 1 aliphatic rings. The molecule has 1 N–H and O–H groups in total. The highest BCUT2D eigenvalue weighted by Crippen LogP contribution is 2.40. The largest absolute Gasteiger partial charge is 0.416 e. The summed E-state index contributed by atoms with van der Waals surface area (Å²) in [5.74, 6) is 0.538. The zero-order chi connectivity index (χ0) is 13.4. The molecule has 0 bridgehead atoms. The normalized spacial score (nSPS) is 29.3. The van der Waals surface area contributed by atoms with Gasteiger partial charge in [0.05, 0.1) is 11.2 Å². The lowest BCUT2D eigenvalue weighted by Crippen LogP contribution is -2.31. The monoisotopic (exact) mass is 258 g/mol. The third-order valence-electron chi connectivity index (χ3n) is 3.83. The van der Waals surface area contributed by atoms with Gasteiger partial charge in [0.15, 0.2) is 0 Å². The van der Waals surface area contributed by atoms with Gasteiger partial charge in [0, 0.05) is 0 Å². The fourth-order valence-electron chi connectivity index (χ4n) is 2.51. The molecule has 1 aromatic carbocycles. The molecule has 0 aromatic heterocycles. The molecule has 0 atom stereocenters. The zero-order valence-corrected chi connectivity index (χ0v) is 10.3. The second kappa shape index (κ2) is 4.57. The van der Waals surface area contributed by atoms with Crippen LogP contribution in [-0.4, -0.2) is 5.11 Å². The summed E-state index contributed by atoms with van der Waals surface area (Å²) in [5.41, 5.74) is -1.38. The molecule has 0 aliphatic heterocycles. The third-order valence-corrected chi connectivity index (χ3v) is 3.83. The third kappa shape index (κ3) is 2.69. The predicted octanol–water partition coefficient (Wildman–Crippen LogP) is 4.10. The molecule has 0 radical (unpaired) electrons. The fourth-order valence-corrected chi connectivity index (χ4v) is 2.51. The van der Waals surface area contributed by atoms with Crippen LogP contribution in [0.2, 0.25) is 0 Å². The molecule has 1 saturated carbocycles. The van der Waals surface area contributed by atoms with Crippen LogP contribution in [0.25, 0.3) is 0 Å². The van der Waals surface area contributed by atoms with E-state index in [0.717, 1.165) is 25.0 Å². The van der Waals surface area contributed by atoms with Gasteiger partial charge < -0.3 is 5.11 Å². The minimum absolute atomic E-state index is 0.393. The van der Waals surface area contributed by atoms with Crippen LogP contribution < -0.4 is 0 Å². The lowest BCUT2D eigenvalue weighted by atomic mass is 9.75. The predicted molar refractivity (Wildman–Crippen MR) is 63.0 cm³/mol. The standard InChI is InChI=1S/C14H17F3O/c1-10-5-7-13(18,8-6-10)11-3-2-4-12(9-11)14(15,16)17/h2-4,9-10,18H,5-8H2,1H3. The number of benzene rings is 1. The van der Waals surface area contributed by atoms with E-state index in [2.05, 4.69) is 6.92 Å². The van der Waals surface area contributed by atoms with Crippen LogP contribution in [0.1, 0.15) is 43.7 Å². The molecule has 1 aliphatic carbocycles. The molecule has 1 nitrogen and oxygen atoms in total. The first-order valence-electron chi connectivity index (χ1n) is 6.21. The Kier molecular flexibility index (Phi) is 3.41. The van der Waals surface area contributed by atoms with Crippen molar-refractivity contribution in [3.05, 3.63) is 35.4 Å². The Morgan fingerprint density at radius 2 is 1.83 bits per heavy atom. The Morgan fingerprint density at radius 1 is 1.22 bits per heavy atom. The van der Waals surface area contributed by atoms with Gasteiger partial charge in [0.25, 0.3) is 0 Å². The van der Waals surface area contributed by atoms with Gasteiger partial charge in [-0.2, -0.15) is 13.2 Å². The summed E-state index contributed by atoms with van der Waals surface area (Å²) in [6.07, 6.45) is -1.57. The van der Waals surface area contributed by atoms with E-state index in [9.17, 15) is 18.3 Å². The molecule has 0 spiro atoms. The van der Waals surface area contributed by atoms with Crippen molar-refractivity contribution < 1.29 is 18.3 Å². The fraction of sp³-hybridized carbons (Fsp3) is 0.571. The summed E-state index contributed by atoms with van der Waals surface area (Å²) in [4.78, 5) is 0. The number of hydrogen-bond acceptors (Lipinski definition) is 1. The first-order valence-corrected chi connectivity index (χ1v) is 6.21. The van der Waals surface area contributed by atoms with E-state index in [1.807, 2.05) is 0 Å². The highest BCUT2D eigenvalue weighted by Gasteiger charge is 2.36. The highest BCUT2D eigenvalue weighted by atomic mass is 19.4. The van der Waals surface area contributed by atoms with Crippen LogP contribution in [-0.2, 0) is 11.8 Å². The Bertz CT molecular complexity index is 417. The summed E-state index contributed by atoms with van der Waals surface area (Å²) < 4.78 is 37.9. The van der Waals surface area contributed by atoms with Gasteiger partial charge >= 0.3 is 6.18 Å². The van der Waals surface area contributed by atoms with E-state index in [-0.39, 0.29) is 0 Å². The van der Waals surface area contributed by atoms with Crippen LogP contribution >= 0.6 is 0 Å². The number of rotatable bonds is 1. The Hall–Kier alpha value is -1.03. The van der Waals surface area contributed by atoms with Crippen LogP contribution in [0, 0.1) is 5.92 Å². The lowest BCUT2D eigenvalue weighted by molar-refractivity contribution is -0.137. The quantitative estimate of drug-likeness (QED) is 0.804. The summed E-state index contributed by atoms with van der Waals surface area (Å²) in [7, 11) is 0. The van der Waals surface area contributed by atoms with Gasteiger partial charge in [-0.05, 0) is 49.3 Å². The van der Waals surface area contributed by atoms with Gasteiger partial charge in [-0.3, -0.25) is 0 Å². The van der Waals surface area contributed by atoms with Crippen molar-refractivity contribution in [1.29, 1.82) is 0 Å². The van der Waals surface area contributed by atoms with E-state index in [4.69, 9.17) is 0 Å². The van der Waals surface area contributed by atoms with Crippen molar-refractivity contribution >= 4 is 0 Å². The maximum absolute atomic E-state index is 12.6. The number of aliphatic hydroxyl groups is 1. The SMILES string of the molecule is CC1CCC(O)(c2cccc(C(F)(F)F)c2)CC1. The van der Waals surface area contributed by atoms with E-state index in [0.29, 0.717) is 24.3 Å². The first kappa shape index (κ1) is 13.4. The van der Waals surface area contributed by atoms with Crippen molar-refractivity contribution in [3.63, 3.8) is 0 Å². The molecule has 0 amide bonds. The number of hydrogen-bond donors (Lipinski definition) is 1. The summed E-state index contributed by atoms with van der Waals surface area (Å²) in [6.45, 7) is 2.10. The highest BCUT2D eigenvalue weighted by molar-refractivity contribution is 5.30. The Balaban J connectivity index is 2.28. The first-order chi connectivity index (χ1) is 8.31. The van der Waals surface area contributed by atoms with Crippen molar-refractivity contribution in [1.82, 2.24) is 0 Å². The molecular formula is C14H17F3O. The maximum Gasteiger partial charge on any atom is 0.416 e. The van der Waals surface area contributed by atoms with Gasteiger partial charge in [0.1, 0.15) is 0 Å². The topological polar surface area (TPSA) is 20.2 Å². The second-order valence-corrected chi connectivity index (χ2v) is 5.29. The average Bonchev–Trinajstić information content (AvgIpc) is 2.32. The van der Waals surface area contributed by atoms with Gasteiger partial charge in [0.2, 0.25) is 0 Å². The van der Waals surface area contributed by atoms with E-state index < -0.39 is 17.3 Å². The van der Waals surface area contributed by atoms with Crippen molar-refractivity contribution in [2.45, 2.75) is 44.4 Å². The minimum Gasteiger partial charge on any atom is -0.385 e. The maximum atomic E-state index is 12.6. The molecule has 4 heteroatoms. The van der Waals surface area contributed by atoms with Gasteiger partial charge in [-0.1, -0.05) is 19.1 Å². The molecule has 0 saturated heterocycles. The lowest BCUT2D eigenvalue weighted by Gasteiger charge is -2.35. The summed E-state index contributed by atoms with van der Waals surface area (Å²) in [6, 6.07) is 5.08. The van der Waals surface area contributed by atoms with Crippen LogP contribution in [0.4, 0.5) is 13.2 Å². The van der Waals surface area contributed by atoms with E-state index in [1.54, 1.807) is 6.07 Å². The summed E-state index contributed by atoms with van der Waals surface area (Å²) >= 11 is 0.